The molecule has 0 aliphatic carbocycles. The van der Waals surface area contributed by atoms with Crippen LogP contribution in [-0.4, -0.2) is 18.6 Å². The van der Waals surface area contributed by atoms with Crippen molar-refractivity contribution in [3.05, 3.63) is 83.2 Å². The van der Waals surface area contributed by atoms with Crippen molar-refractivity contribution in [1.29, 1.82) is 0 Å². The van der Waals surface area contributed by atoms with Crippen molar-refractivity contribution in [1.82, 2.24) is 0 Å². The molecule has 1 aliphatic heterocycles. The number of benzene rings is 3. The van der Waals surface area contributed by atoms with E-state index in [0.29, 0.717) is 33.3 Å². The standard InChI is InChI=1S/C23H16N2O4S/c26-22(24-15-9-10-18-19(12-15)29-13-28-18)16-6-2-3-7-17(16)25-23(27)21-11-14-5-1-4-8-20(14)30-21/h1-12H,13H2,(H,24,26)(H,25,27). The van der Waals surface area contributed by atoms with E-state index in [1.165, 1.54) is 11.3 Å². The lowest BCUT2D eigenvalue weighted by molar-refractivity contribution is 0.102. The molecule has 2 N–H and O–H groups in total. The molecular formula is C23H16N2O4S. The average molecular weight is 416 g/mol. The van der Waals surface area contributed by atoms with Crippen LogP contribution in [0.25, 0.3) is 10.1 Å². The first-order valence-corrected chi connectivity index (χ1v) is 10.1. The Kier molecular flexibility index (Phi) is 4.57. The molecule has 0 bridgehead atoms. The Morgan fingerprint density at radius 2 is 1.60 bits per heavy atom. The van der Waals surface area contributed by atoms with E-state index in [-0.39, 0.29) is 18.6 Å². The van der Waals surface area contributed by atoms with E-state index in [4.69, 9.17) is 9.47 Å². The summed E-state index contributed by atoms with van der Waals surface area (Å²) in [6, 6.07) is 21.8. The third kappa shape index (κ3) is 3.46. The van der Waals surface area contributed by atoms with Crippen molar-refractivity contribution in [3.63, 3.8) is 0 Å². The Morgan fingerprint density at radius 1 is 0.800 bits per heavy atom. The van der Waals surface area contributed by atoms with Crippen LogP contribution in [0.15, 0.2) is 72.8 Å². The summed E-state index contributed by atoms with van der Waals surface area (Å²) < 4.78 is 11.7. The summed E-state index contributed by atoms with van der Waals surface area (Å²) in [6.45, 7) is 0.166. The molecule has 5 rings (SSSR count). The van der Waals surface area contributed by atoms with E-state index >= 15 is 0 Å². The van der Waals surface area contributed by atoms with Crippen LogP contribution in [0, 0.1) is 0 Å². The van der Waals surface area contributed by atoms with E-state index in [2.05, 4.69) is 10.6 Å². The van der Waals surface area contributed by atoms with Gasteiger partial charge in [0.05, 0.1) is 16.1 Å². The summed E-state index contributed by atoms with van der Waals surface area (Å²) in [7, 11) is 0. The third-order valence-electron chi connectivity index (χ3n) is 4.70. The highest BCUT2D eigenvalue weighted by Gasteiger charge is 2.18. The van der Waals surface area contributed by atoms with E-state index < -0.39 is 0 Å². The van der Waals surface area contributed by atoms with Gasteiger partial charge in [0.15, 0.2) is 11.5 Å². The molecule has 4 aromatic rings. The van der Waals surface area contributed by atoms with Crippen molar-refractivity contribution >= 4 is 44.6 Å². The number of hydrogen-bond donors (Lipinski definition) is 2. The van der Waals surface area contributed by atoms with Gasteiger partial charge < -0.3 is 20.1 Å². The van der Waals surface area contributed by atoms with Gasteiger partial charge in [0.2, 0.25) is 6.79 Å². The molecule has 2 heterocycles. The van der Waals surface area contributed by atoms with Crippen LogP contribution >= 0.6 is 11.3 Å². The predicted molar refractivity (Wildman–Crippen MR) is 117 cm³/mol. The molecule has 30 heavy (non-hydrogen) atoms. The Bertz CT molecular complexity index is 1250. The molecule has 0 atom stereocenters. The van der Waals surface area contributed by atoms with Crippen molar-refractivity contribution in [2.75, 3.05) is 17.4 Å². The lowest BCUT2D eigenvalue weighted by Crippen LogP contribution is -2.17. The molecule has 0 fully saturated rings. The molecule has 1 aromatic heterocycles. The number of carbonyl (C=O) groups is 2. The molecule has 0 spiro atoms. The van der Waals surface area contributed by atoms with Crippen molar-refractivity contribution in [2.24, 2.45) is 0 Å². The molecule has 1 aliphatic rings. The fraction of sp³-hybridized carbons (Fsp3) is 0.0435. The molecule has 0 saturated carbocycles. The largest absolute Gasteiger partial charge is 0.454 e. The van der Waals surface area contributed by atoms with Gasteiger partial charge in [-0.3, -0.25) is 9.59 Å². The lowest BCUT2D eigenvalue weighted by atomic mass is 10.1. The summed E-state index contributed by atoms with van der Waals surface area (Å²) in [6.07, 6.45) is 0. The second-order valence-electron chi connectivity index (χ2n) is 6.67. The predicted octanol–water partition coefficient (Wildman–Crippen LogP) is 5.13. The number of rotatable bonds is 4. The van der Waals surface area contributed by atoms with E-state index in [1.54, 1.807) is 42.5 Å². The van der Waals surface area contributed by atoms with Crippen LogP contribution in [0.3, 0.4) is 0 Å². The van der Waals surface area contributed by atoms with Gasteiger partial charge in [-0.15, -0.1) is 11.3 Å². The summed E-state index contributed by atoms with van der Waals surface area (Å²) in [5.74, 6) is 0.642. The van der Waals surface area contributed by atoms with E-state index in [1.807, 2.05) is 30.3 Å². The van der Waals surface area contributed by atoms with Crippen molar-refractivity contribution < 1.29 is 19.1 Å². The zero-order valence-electron chi connectivity index (χ0n) is 15.7. The summed E-state index contributed by atoms with van der Waals surface area (Å²) >= 11 is 1.41. The van der Waals surface area contributed by atoms with E-state index in [9.17, 15) is 9.59 Å². The van der Waals surface area contributed by atoms with Crippen LogP contribution in [0.1, 0.15) is 20.0 Å². The SMILES string of the molecule is O=C(Nc1ccccc1C(=O)Nc1ccc2c(c1)OCO2)c1cc2ccccc2s1. The number of ether oxygens (including phenoxy) is 2. The lowest BCUT2D eigenvalue weighted by Gasteiger charge is -2.11. The zero-order valence-corrected chi connectivity index (χ0v) is 16.5. The number of hydrogen-bond acceptors (Lipinski definition) is 5. The highest BCUT2D eigenvalue weighted by atomic mass is 32.1. The summed E-state index contributed by atoms with van der Waals surface area (Å²) in [4.78, 5) is 26.2. The first-order valence-electron chi connectivity index (χ1n) is 9.27. The van der Waals surface area contributed by atoms with Crippen LogP contribution in [0.5, 0.6) is 11.5 Å². The van der Waals surface area contributed by atoms with E-state index in [0.717, 1.165) is 10.1 Å². The Labute approximate surface area is 176 Å². The maximum Gasteiger partial charge on any atom is 0.265 e. The van der Waals surface area contributed by atoms with Gasteiger partial charge in [0, 0.05) is 16.5 Å². The molecule has 0 radical (unpaired) electrons. The molecule has 2 amide bonds. The minimum atomic E-state index is -0.332. The summed E-state index contributed by atoms with van der Waals surface area (Å²) in [5, 5.41) is 6.72. The molecule has 0 saturated heterocycles. The average Bonchev–Trinajstić information content (AvgIpc) is 3.40. The van der Waals surface area contributed by atoms with Crippen LogP contribution in [0.2, 0.25) is 0 Å². The highest BCUT2D eigenvalue weighted by molar-refractivity contribution is 7.20. The van der Waals surface area contributed by atoms with Crippen LogP contribution in [-0.2, 0) is 0 Å². The Balaban J connectivity index is 1.37. The quantitative estimate of drug-likeness (QED) is 0.483. The number of thiophene rings is 1. The van der Waals surface area contributed by atoms with Gasteiger partial charge in [-0.2, -0.15) is 0 Å². The number of nitrogens with one attached hydrogen (secondary N) is 2. The monoisotopic (exact) mass is 416 g/mol. The molecule has 3 aromatic carbocycles. The second-order valence-corrected chi connectivity index (χ2v) is 7.75. The Hall–Kier alpha value is -3.84. The van der Waals surface area contributed by atoms with Gasteiger partial charge in [-0.25, -0.2) is 0 Å². The van der Waals surface area contributed by atoms with Crippen molar-refractivity contribution in [3.8, 4) is 11.5 Å². The first kappa shape index (κ1) is 18.2. The number of amides is 2. The minimum absolute atomic E-state index is 0.166. The van der Waals surface area contributed by atoms with Crippen LogP contribution in [0.4, 0.5) is 11.4 Å². The van der Waals surface area contributed by atoms with Crippen LogP contribution < -0.4 is 20.1 Å². The maximum absolute atomic E-state index is 12.9. The van der Waals surface area contributed by atoms with Gasteiger partial charge in [0.25, 0.3) is 11.8 Å². The van der Waals surface area contributed by atoms with Gasteiger partial charge >= 0.3 is 0 Å². The minimum Gasteiger partial charge on any atom is -0.454 e. The van der Waals surface area contributed by atoms with Gasteiger partial charge in [0.1, 0.15) is 0 Å². The number of carbonyl (C=O) groups excluding carboxylic acids is 2. The number of para-hydroxylation sites is 1. The summed E-state index contributed by atoms with van der Waals surface area (Å²) in [5.41, 5.74) is 1.39. The fourth-order valence-corrected chi connectivity index (χ4v) is 4.20. The normalized spacial score (nSPS) is 12.0. The zero-order chi connectivity index (χ0) is 20.5. The Morgan fingerprint density at radius 3 is 2.50 bits per heavy atom. The molecule has 148 valence electrons. The molecular weight excluding hydrogens is 400 g/mol. The highest BCUT2D eigenvalue weighted by Crippen LogP contribution is 2.34. The molecule has 6 nitrogen and oxygen atoms in total. The number of anilines is 2. The third-order valence-corrected chi connectivity index (χ3v) is 5.81. The topological polar surface area (TPSA) is 76.7 Å². The fourth-order valence-electron chi connectivity index (χ4n) is 3.24. The second kappa shape index (κ2) is 7.53. The maximum atomic E-state index is 12.9. The van der Waals surface area contributed by atoms with Gasteiger partial charge in [-0.05, 0) is 41.8 Å². The molecule has 0 unspecified atom stereocenters. The smallest absolute Gasteiger partial charge is 0.265 e. The first-order chi connectivity index (χ1) is 14.7. The molecule has 7 heteroatoms. The van der Waals surface area contributed by atoms with Crippen molar-refractivity contribution in [2.45, 2.75) is 0 Å². The van der Waals surface area contributed by atoms with Gasteiger partial charge in [-0.1, -0.05) is 30.3 Å². The number of fused-ring (bicyclic) bond motifs is 2.